The van der Waals surface area contributed by atoms with Gasteiger partial charge in [0.25, 0.3) is 5.91 Å². The minimum atomic E-state index is -0.116. The summed E-state index contributed by atoms with van der Waals surface area (Å²) >= 11 is 0. The van der Waals surface area contributed by atoms with Crippen LogP contribution in [0.5, 0.6) is 0 Å². The Labute approximate surface area is 167 Å². The van der Waals surface area contributed by atoms with Gasteiger partial charge < -0.3 is 10.2 Å². The zero-order chi connectivity index (χ0) is 19.9. The number of benzene rings is 2. The Morgan fingerprint density at radius 1 is 0.929 bits per heavy atom. The Morgan fingerprint density at radius 2 is 1.57 bits per heavy atom. The fourth-order valence-corrected chi connectivity index (χ4v) is 3.10. The molecule has 0 spiro atoms. The number of hydrogen-bond acceptors (Lipinski definition) is 3. The maximum Gasteiger partial charge on any atom is 0.253 e. The summed E-state index contributed by atoms with van der Waals surface area (Å²) in [4.78, 5) is 19.4. The van der Waals surface area contributed by atoms with E-state index in [0.29, 0.717) is 11.6 Å². The molecule has 3 aromatic rings. The summed E-state index contributed by atoms with van der Waals surface area (Å²) in [6, 6.07) is 24.3. The molecule has 0 fully saturated rings. The number of carbonyl (C=O) groups excluding carboxylic acids is 1. The Bertz CT molecular complexity index is 877. The van der Waals surface area contributed by atoms with Gasteiger partial charge in [-0.3, -0.25) is 4.79 Å². The first-order chi connectivity index (χ1) is 13.5. The first kappa shape index (κ1) is 19.6. The Morgan fingerprint density at radius 3 is 2.14 bits per heavy atom. The lowest BCUT2D eigenvalue weighted by molar-refractivity contribution is 0.0939. The smallest absolute Gasteiger partial charge is 0.253 e. The van der Waals surface area contributed by atoms with Crippen LogP contribution in [-0.4, -0.2) is 16.9 Å². The standard InChI is InChI=1S/C24H27N3O/c1-18(2)27(17-20-10-6-4-7-11-20)23-15-14-22(16-25-23)24(28)26-19(3)21-12-8-5-9-13-21/h4-16,18-19H,17H2,1-3H3,(H,26,28). The number of anilines is 1. The van der Waals surface area contributed by atoms with Gasteiger partial charge in [0.2, 0.25) is 0 Å². The van der Waals surface area contributed by atoms with Gasteiger partial charge in [-0.05, 0) is 44.0 Å². The van der Waals surface area contributed by atoms with E-state index in [1.54, 1.807) is 6.20 Å². The van der Waals surface area contributed by atoms with Crippen LogP contribution in [0, 0.1) is 0 Å². The lowest BCUT2D eigenvalue weighted by Gasteiger charge is -2.28. The third kappa shape index (κ3) is 4.97. The molecule has 1 atom stereocenters. The SMILES string of the molecule is CC(NC(=O)c1ccc(N(Cc2ccccc2)C(C)C)nc1)c1ccccc1. The van der Waals surface area contributed by atoms with Crippen molar-refractivity contribution in [2.75, 3.05) is 4.90 Å². The predicted molar refractivity (Wildman–Crippen MR) is 114 cm³/mol. The molecule has 144 valence electrons. The van der Waals surface area contributed by atoms with E-state index in [9.17, 15) is 4.79 Å². The molecule has 1 N–H and O–H groups in total. The van der Waals surface area contributed by atoms with Gasteiger partial charge in [0.1, 0.15) is 5.82 Å². The van der Waals surface area contributed by atoms with E-state index in [1.807, 2.05) is 67.6 Å². The molecule has 1 aromatic heterocycles. The van der Waals surface area contributed by atoms with Gasteiger partial charge >= 0.3 is 0 Å². The van der Waals surface area contributed by atoms with Crippen LogP contribution >= 0.6 is 0 Å². The average molecular weight is 374 g/mol. The number of hydrogen-bond donors (Lipinski definition) is 1. The molecule has 0 saturated carbocycles. The molecule has 0 aliphatic heterocycles. The zero-order valence-electron chi connectivity index (χ0n) is 16.7. The van der Waals surface area contributed by atoms with Crippen LogP contribution in [0.25, 0.3) is 0 Å². The molecule has 1 unspecified atom stereocenters. The first-order valence-corrected chi connectivity index (χ1v) is 9.67. The van der Waals surface area contributed by atoms with E-state index in [2.05, 4.69) is 41.2 Å². The molecule has 1 amide bonds. The highest BCUT2D eigenvalue weighted by Crippen LogP contribution is 2.19. The molecule has 2 aromatic carbocycles. The van der Waals surface area contributed by atoms with Gasteiger partial charge in [0.05, 0.1) is 11.6 Å². The van der Waals surface area contributed by atoms with Crippen molar-refractivity contribution in [3.05, 3.63) is 95.7 Å². The molecule has 28 heavy (non-hydrogen) atoms. The van der Waals surface area contributed by atoms with Crippen LogP contribution < -0.4 is 10.2 Å². The maximum atomic E-state index is 12.6. The topological polar surface area (TPSA) is 45.2 Å². The van der Waals surface area contributed by atoms with E-state index >= 15 is 0 Å². The summed E-state index contributed by atoms with van der Waals surface area (Å²) in [5, 5.41) is 3.03. The summed E-state index contributed by atoms with van der Waals surface area (Å²) in [6.45, 7) is 7.05. The van der Waals surface area contributed by atoms with Crippen molar-refractivity contribution in [1.82, 2.24) is 10.3 Å². The number of pyridine rings is 1. The lowest BCUT2D eigenvalue weighted by Crippen LogP contribution is -2.31. The molecule has 0 saturated heterocycles. The molecule has 3 rings (SSSR count). The molecule has 0 radical (unpaired) electrons. The minimum absolute atomic E-state index is 0.0568. The summed E-state index contributed by atoms with van der Waals surface area (Å²) in [5.41, 5.74) is 2.88. The highest BCUT2D eigenvalue weighted by atomic mass is 16.1. The van der Waals surface area contributed by atoms with Gasteiger partial charge in [-0.25, -0.2) is 4.98 Å². The number of nitrogens with one attached hydrogen (secondary N) is 1. The minimum Gasteiger partial charge on any atom is -0.350 e. The summed E-state index contributed by atoms with van der Waals surface area (Å²) < 4.78 is 0. The van der Waals surface area contributed by atoms with Gasteiger partial charge in [0.15, 0.2) is 0 Å². The summed E-state index contributed by atoms with van der Waals surface area (Å²) in [6.07, 6.45) is 1.66. The van der Waals surface area contributed by atoms with Crippen LogP contribution in [-0.2, 0) is 6.54 Å². The Hall–Kier alpha value is -3.14. The van der Waals surface area contributed by atoms with Crippen LogP contribution in [0.1, 0.15) is 48.3 Å². The van der Waals surface area contributed by atoms with E-state index < -0.39 is 0 Å². The Balaban J connectivity index is 1.69. The molecule has 4 nitrogen and oxygen atoms in total. The van der Waals surface area contributed by atoms with E-state index in [0.717, 1.165) is 17.9 Å². The third-order valence-electron chi connectivity index (χ3n) is 4.77. The van der Waals surface area contributed by atoms with Crippen LogP contribution in [0.15, 0.2) is 79.0 Å². The second-order valence-corrected chi connectivity index (χ2v) is 7.22. The van der Waals surface area contributed by atoms with Crippen molar-refractivity contribution < 1.29 is 4.79 Å². The molecule has 4 heteroatoms. The maximum absolute atomic E-state index is 12.6. The zero-order valence-corrected chi connectivity index (χ0v) is 16.7. The fourth-order valence-electron chi connectivity index (χ4n) is 3.10. The van der Waals surface area contributed by atoms with Gasteiger partial charge in [-0.2, -0.15) is 0 Å². The summed E-state index contributed by atoms with van der Waals surface area (Å²) in [7, 11) is 0. The number of aromatic nitrogens is 1. The summed E-state index contributed by atoms with van der Waals surface area (Å²) in [5.74, 6) is 0.751. The molecule has 0 aliphatic rings. The normalized spacial score (nSPS) is 11.9. The Kier molecular flexibility index (Phi) is 6.43. The quantitative estimate of drug-likeness (QED) is 0.635. The van der Waals surface area contributed by atoms with Crippen molar-refractivity contribution in [3.8, 4) is 0 Å². The van der Waals surface area contributed by atoms with E-state index in [-0.39, 0.29) is 11.9 Å². The average Bonchev–Trinajstić information content (AvgIpc) is 2.73. The van der Waals surface area contributed by atoms with E-state index in [4.69, 9.17) is 0 Å². The molecule has 0 bridgehead atoms. The highest BCUT2D eigenvalue weighted by molar-refractivity contribution is 5.94. The lowest BCUT2D eigenvalue weighted by atomic mass is 10.1. The third-order valence-corrected chi connectivity index (χ3v) is 4.77. The van der Waals surface area contributed by atoms with Crippen molar-refractivity contribution in [3.63, 3.8) is 0 Å². The number of carbonyl (C=O) groups is 1. The van der Waals surface area contributed by atoms with Crippen molar-refractivity contribution in [2.45, 2.75) is 39.4 Å². The van der Waals surface area contributed by atoms with Gasteiger partial charge in [0, 0.05) is 18.8 Å². The monoisotopic (exact) mass is 373 g/mol. The van der Waals surface area contributed by atoms with Crippen LogP contribution in [0.4, 0.5) is 5.82 Å². The van der Waals surface area contributed by atoms with Crippen LogP contribution in [0.3, 0.4) is 0 Å². The number of nitrogens with zero attached hydrogens (tertiary/aromatic N) is 2. The number of amides is 1. The van der Waals surface area contributed by atoms with Gasteiger partial charge in [-0.15, -0.1) is 0 Å². The largest absolute Gasteiger partial charge is 0.350 e. The number of rotatable bonds is 7. The fraction of sp³-hybridized carbons (Fsp3) is 0.250. The highest BCUT2D eigenvalue weighted by Gasteiger charge is 2.15. The predicted octanol–water partition coefficient (Wildman–Crippen LogP) is 4.99. The second kappa shape index (κ2) is 9.18. The molecule has 0 aliphatic carbocycles. The van der Waals surface area contributed by atoms with Crippen molar-refractivity contribution in [2.24, 2.45) is 0 Å². The van der Waals surface area contributed by atoms with Crippen molar-refractivity contribution >= 4 is 11.7 Å². The first-order valence-electron chi connectivity index (χ1n) is 9.67. The van der Waals surface area contributed by atoms with Gasteiger partial charge in [-0.1, -0.05) is 60.7 Å². The van der Waals surface area contributed by atoms with Crippen LogP contribution in [0.2, 0.25) is 0 Å². The van der Waals surface area contributed by atoms with Crippen molar-refractivity contribution in [1.29, 1.82) is 0 Å². The molecule has 1 heterocycles. The second-order valence-electron chi connectivity index (χ2n) is 7.22. The molecular formula is C24H27N3O. The molecular weight excluding hydrogens is 346 g/mol. The van der Waals surface area contributed by atoms with E-state index in [1.165, 1.54) is 5.56 Å².